The van der Waals surface area contributed by atoms with Gasteiger partial charge in [0.1, 0.15) is 5.75 Å². The molecule has 2 aromatic rings. The summed E-state index contributed by atoms with van der Waals surface area (Å²) in [5.74, 6) is -0.0685. The van der Waals surface area contributed by atoms with Gasteiger partial charge in [0, 0.05) is 18.1 Å². The predicted molar refractivity (Wildman–Crippen MR) is 107 cm³/mol. The Morgan fingerprint density at radius 1 is 1.04 bits per heavy atom. The van der Waals surface area contributed by atoms with Gasteiger partial charge in [-0.2, -0.15) is 0 Å². The van der Waals surface area contributed by atoms with Crippen LogP contribution in [0.1, 0.15) is 29.6 Å². The summed E-state index contributed by atoms with van der Waals surface area (Å²) in [7, 11) is 0. The SMILES string of the molecule is O=C(COc1ccc(Cl)cc1Cl)Nc1ccccc1C(=O)N1CCCCC1. The van der Waals surface area contributed by atoms with Gasteiger partial charge in [0.05, 0.1) is 16.3 Å². The van der Waals surface area contributed by atoms with E-state index in [9.17, 15) is 9.59 Å². The Kier molecular flexibility index (Phi) is 6.58. The van der Waals surface area contributed by atoms with E-state index in [1.54, 1.807) is 42.5 Å². The van der Waals surface area contributed by atoms with E-state index in [-0.39, 0.29) is 18.4 Å². The fourth-order valence-electron chi connectivity index (χ4n) is 2.97. The molecule has 0 aliphatic carbocycles. The second kappa shape index (κ2) is 9.11. The second-order valence-electron chi connectivity index (χ2n) is 6.31. The number of para-hydroxylation sites is 1. The van der Waals surface area contributed by atoms with Crippen LogP contribution in [0, 0.1) is 0 Å². The van der Waals surface area contributed by atoms with E-state index in [0.29, 0.717) is 27.0 Å². The number of halogens is 2. The van der Waals surface area contributed by atoms with Crippen molar-refractivity contribution in [1.82, 2.24) is 4.90 Å². The molecule has 1 aliphatic rings. The molecule has 0 unspecified atom stereocenters. The Morgan fingerprint density at radius 2 is 1.78 bits per heavy atom. The molecule has 1 saturated heterocycles. The average Bonchev–Trinajstić information content (AvgIpc) is 2.68. The molecular formula is C20H20Cl2N2O3. The molecule has 0 atom stereocenters. The van der Waals surface area contributed by atoms with E-state index >= 15 is 0 Å². The zero-order valence-electron chi connectivity index (χ0n) is 14.7. The molecule has 0 spiro atoms. The normalized spacial score (nSPS) is 13.9. The molecule has 1 fully saturated rings. The Labute approximate surface area is 168 Å². The third-order valence-electron chi connectivity index (χ3n) is 4.33. The Balaban J connectivity index is 1.64. The molecule has 1 aliphatic heterocycles. The number of rotatable bonds is 5. The minimum atomic E-state index is -0.375. The topological polar surface area (TPSA) is 58.6 Å². The molecule has 2 amide bonds. The molecule has 0 aromatic heterocycles. The summed E-state index contributed by atoms with van der Waals surface area (Å²) in [5.41, 5.74) is 0.959. The van der Waals surface area contributed by atoms with Crippen molar-refractivity contribution >= 4 is 40.7 Å². The van der Waals surface area contributed by atoms with Crippen LogP contribution < -0.4 is 10.1 Å². The molecule has 0 radical (unpaired) electrons. The third-order valence-corrected chi connectivity index (χ3v) is 4.86. The number of piperidine rings is 1. The number of likely N-dealkylation sites (tertiary alicyclic amines) is 1. The summed E-state index contributed by atoms with van der Waals surface area (Å²) in [4.78, 5) is 26.9. The first-order chi connectivity index (χ1) is 13.0. The second-order valence-corrected chi connectivity index (χ2v) is 7.15. The number of anilines is 1. The predicted octanol–water partition coefficient (Wildman–Crippen LogP) is 4.64. The summed E-state index contributed by atoms with van der Waals surface area (Å²) in [6, 6.07) is 11.8. The van der Waals surface area contributed by atoms with Crippen LogP contribution in [0.25, 0.3) is 0 Å². The van der Waals surface area contributed by atoms with Crippen LogP contribution in [0.3, 0.4) is 0 Å². The number of ether oxygens (including phenoxy) is 1. The van der Waals surface area contributed by atoms with E-state index in [0.717, 1.165) is 32.4 Å². The molecule has 2 aromatic carbocycles. The van der Waals surface area contributed by atoms with Gasteiger partial charge < -0.3 is 15.0 Å². The molecule has 142 valence electrons. The van der Waals surface area contributed by atoms with Crippen LogP contribution in [0.5, 0.6) is 5.75 Å². The van der Waals surface area contributed by atoms with Crippen molar-refractivity contribution in [2.45, 2.75) is 19.3 Å². The van der Waals surface area contributed by atoms with Crippen molar-refractivity contribution in [1.29, 1.82) is 0 Å². The van der Waals surface area contributed by atoms with Crippen LogP contribution in [0.4, 0.5) is 5.69 Å². The lowest BCUT2D eigenvalue weighted by Crippen LogP contribution is -2.36. The maximum atomic E-state index is 12.8. The van der Waals surface area contributed by atoms with Gasteiger partial charge in [-0.15, -0.1) is 0 Å². The molecule has 1 heterocycles. The van der Waals surface area contributed by atoms with E-state index < -0.39 is 0 Å². The minimum absolute atomic E-state index is 0.0627. The number of carbonyl (C=O) groups is 2. The van der Waals surface area contributed by atoms with Crippen molar-refractivity contribution in [2.24, 2.45) is 0 Å². The first kappa shape index (κ1) is 19.5. The highest BCUT2D eigenvalue weighted by molar-refractivity contribution is 6.35. The van der Waals surface area contributed by atoms with Gasteiger partial charge in [0.2, 0.25) is 0 Å². The van der Waals surface area contributed by atoms with Gasteiger partial charge in [0.15, 0.2) is 6.61 Å². The number of nitrogens with zero attached hydrogens (tertiary/aromatic N) is 1. The zero-order chi connectivity index (χ0) is 19.2. The van der Waals surface area contributed by atoms with Gasteiger partial charge in [-0.25, -0.2) is 0 Å². The zero-order valence-corrected chi connectivity index (χ0v) is 16.2. The average molecular weight is 407 g/mol. The van der Waals surface area contributed by atoms with Crippen molar-refractivity contribution in [3.8, 4) is 5.75 Å². The maximum absolute atomic E-state index is 12.8. The van der Waals surface area contributed by atoms with Crippen molar-refractivity contribution < 1.29 is 14.3 Å². The lowest BCUT2D eigenvalue weighted by atomic mass is 10.1. The maximum Gasteiger partial charge on any atom is 0.262 e. The number of amides is 2. The summed E-state index contributed by atoms with van der Waals surface area (Å²) in [5, 5.41) is 3.57. The number of carbonyl (C=O) groups excluding carboxylic acids is 2. The van der Waals surface area contributed by atoms with E-state index in [1.165, 1.54) is 0 Å². The van der Waals surface area contributed by atoms with Crippen molar-refractivity contribution in [3.63, 3.8) is 0 Å². The summed E-state index contributed by atoms with van der Waals surface area (Å²) < 4.78 is 5.44. The molecule has 3 rings (SSSR count). The van der Waals surface area contributed by atoms with Crippen LogP contribution in [0.15, 0.2) is 42.5 Å². The lowest BCUT2D eigenvalue weighted by molar-refractivity contribution is -0.118. The van der Waals surface area contributed by atoms with Crippen LogP contribution >= 0.6 is 23.2 Å². The highest BCUT2D eigenvalue weighted by atomic mass is 35.5. The fourth-order valence-corrected chi connectivity index (χ4v) is 3.43. The Morgan fingerprint density at radius 3 is 2.52 bits per heavy atom. The summed E-state index contributed by atoms with van der Waals surface area (Å²) >= 11 is 11.9. The number of hydrogen-bond acceptors (Lipinski definition) is 3. The first-order valence-electron chi connectivity index (χ1n) is 8.80. The van der Waals surface area contributed by atoms with Crippen LogP contribution in [-0.2, 0) is 4.79 Å². The van der Waals surface area contributed by atoms with Gasteiger partial charge in [-0.3, -0.25) is 9.59 Å². The van der Waals surface area contributed by atoms with Crippen LogP contribution in [-0.4, -0.2) is 36.4 Å². The molecule has 0 bridgehead atoms. The number of nitrogens with one attached hydrogen (secondary N) is 1. The Hall–Kier alpha value is -2.24. The highest BCUT2D eigenvalue weighted by Crippen LogP contribution is 2.27. The van der Waals surface area contributed by atoms with Crippen molar-refractivity contribution in [2.75, 3.05) is 25.0 Å². The minimum Gasteiger partial charge on any atom is -0.482 e. The molecule has 27 heavy (non-hydrogen) atoms. The third kappa shape index (κ3) is 5.15. The summed E-state index contributed by atoms with van der Waals surface area (Å²) in [6.45, 7) is 1.27. The smallest absolute Gasteiger partial charge is 0.262 e. The summed E-state index contributed by atoms with van der Waals surface area (Å²) in [6.07, 6.45) is 3.17. The first-order valence-corrected chi connectivity index (χ1v) is 9.56. The van der Waals surface area contributed by atoms with Gasteiger partial charge in [0.25, 0.3) is 11.8 Å². The highest BCUT2D eigenvalue weighted by Gasteiger charge is 2.21. The molecule has 5 nitrogen and oxygen atoms in total. The van der Waals surface area contributed by atoms with Gasteiger partial charge in [-0.1, -0.05) is 35.3 Å². The monoisotopic (exact) mass is 406 g/mol. The molecular weight excluding hydrogens is 387 g/mol. The molecule has 1 N–H and O–H groups in total. The van der Waals surface area contributed by atoms with E-state index in [2.05, 4.69) is 5.32 Å². The Bertz CT molecular complexity index is 836. The standard InChI is InChI=1S/C20H20Cl2N2O3/c21-14-8-9-18(16(22)12-14)27-13-19(25)23-17-7-3-2-6-15(17)20(26)24-10-4-1-5-11-24/h2-3,6-9,12H,1,4-5,10-11,13H2,(H,23,25). The fraction of sp³-hybridized carbons (Fsp3) is 0.300. The largest absolute Gasteiger partial charge is 0.482 e. The van der Waals surface area contributed by atoms with E-state index in [1.807, 2.05) is 4.90 Å². The number of benzene rings is 2. The van der Waals surface area contributed by atoms with Gasteiger partial charge in [-0.05, 0) is 49.6 Å². The quantitative estimate of drug-likeness (QED) is 0.786. The van der Waals surface area contributed by atoms with Crippen molar-refractivity contribution in [3.05, 3.63) is 58.1 Å². The lowest BCUT2D eigenvalue weighted by Gasteiger charge is -2.27. The van der Waals surface area contributed by atoms with Crippen LogP contribution in [0.2, 0.25) is 10.0 Å². The molecule has 7 heteroatoms. The van der Waals surface area contributed by atoms with E-state index in [4.69, 9.17) is 27.9 Å². The molecule has 0 saturated carbocycles. The number of hydrogen-bond donors (Lipinski definition) is 1. The van der Waals surface area contributed by atoms with Gasteiger partial charge >= 0.3 is 0 Å².